The van der Waals surface area contributed by atoms with Gasteiger partial charge in [0.25, 0.3) is 0 Å². The molecule has 0 fully saturated rings. The van der Waals surface area contributed by atoms with Crippen molar-refractivity contribution < 1.29 is 56.8 Å². The zero-order valence-corrected chi connectivity index (χ0v) is 40.6. The van der Waals surface area contributed by atoms with E-state index in [4.69, 9.17) is 56.8 Å². The van der Waals surface area contributed by atoms with E-state index in [2.05, 4.69) is 60.7 Å². The molecule has 0 aromatic heterocycles. The number of hydrogen-bond acceptors (Lipinski definition) is 12. The average molecular weight is 933 g/mol. The van der Waals surface area contributed by atoms with Gasteiger partial charge in [-0.05, 0) is 193 Å². The summed E-state index contributed by atoms with van der Waals surface area (Å²) in [6.45, 7) is 16.9. The number of rotatable bonds is 8. The minimum absolute atomic E-state index is 0.0926. The van der Waals surface area contributed by atoms with Crippen molar-refractivity contribution in [3.05, 3.63) is 72.8 Å². The van der Waals surface area contributed by atoms with E-state index in [-0.39, 0.29) is 48.8 Å². The van der Waals surface area contributed by atoms with E-state index in [0.717, 1.165) is 64.6 Å². The van der Waals surface area contributed by atoms with Gasteiger partial charge in [0.15, 0.2) is 69.0 Å². The van der Waals surface area contributed by atoms with Crippen LogP contribution in [0.4, 0.5) is 0 Å². The molecular formula is C57H56O12. The summed E-state index contributed by atoms with van der Waals surface area (Å²) in [5.41, 5.74) is 0. The molecule has 8 unspecified atom stereocenters. The molecule has 0 amide bonds. The number of ether oxygens (including phenoxy) is 12. The van der Waals surface area contributed by atoms with Crippen LogP contribution >= 0.6 is 0 Å². The van der Waals surface area contributed by atoms with Crippen LogP contribution in [0.3, 0.4) is 0 Å². The highest BCUT2D eigenvalue weighted by atomic mass is 16.6. The molecule has 4 aliphatic heterocycles. The summed E-state index contributed by atoms with van der Waals surface area (Å²) >= 11 is 0. The van der Waals surface area contributed by atoms with Gasteiger partial charge in [0.1, 0.15) is 48.8 Å². The number of fused-ring (bicyclic) bond motifs is 16. The maximum absolute atomic E-state index is 6.57. The van der Waals surface area contributed by atoms with Gasteiger partial charge in [-0.1, -0.05) is 0 Å². The summed E-state index contributed by atoms with van der Waals surface area (Å²) in [5, 5.41) is 11.9. The Morgan fingerprint density at radius 2 is 0.449 bits per heavy atom. The van der Waals surface area contributed by atoms with Crippen molar-refractivity contribution in [2.45, 2.75) is 111 Å². The second kappa shape index (κ2) is 16.3. The predicted molar refractivity (Wildman–Crippen MR) is 267 cm³/mol. The molecule has 0 saturated heterocycles. The Kier molecular flexibility index (Phi) is 10.2. The first-order chi connectivity index (χ1) is 33.3. The Morgan fingerprint density at radius 3 is 0.638 bits per heavy atom. The lowest BCUT2D eigenvalue weighted by atomic mass is 9.92. The Bertz CT molecular complexity index is 3190. The lowest BCUT2D eigenvalue weighted by Crippen LogP contribution is -2.35. The van der Waals surface area contributed by atoms with Crippen LogP contribution in [0.15, 0.2) is 72.8 Å². The van der Waals surface area contributed by atoms with Crippen molar-refractivity contribution in [1.29, 1.82) is 0 Å². The van der Waals surface area contributed by atoms with Crippen molar-refractivity contribution in [3.8, 4) is 69.0 Å². The molecule has 0 saturated carbocycles. The van der Waals surface area contributed by atoms with E-state index >= 15 is 0 Å². The molecule has 8 aromatic rings. The van der Waals surface area contributed by atoms with Crippen molar-refractivity contribution in [1.82, 2.24) is 0 Å². The predicted octanol–water partition coefficient (Wildman–Crippen LogP) is 12.7. The molecule has 0 aliphatic carbocycles. The van der Waals surface area contributed by atoms with Crippen molar-refractivity contribution >= 4 is 64.6 Å². The Balaban J connectivity index is 0.883. The van der Waals surface area contributed by atoms with Crippen LogP contribution in [-0.4, -0.2) is 76.3 Å². The van der Waals surface area contributed by atoms with Crippen molar-refractivity contribution in [2.75, 3.05) is 27.4 Å². The first-order valence-corrected chi connectivity index (χ1v) is 24.1. The van der Waals surface area contributed by atoms with E-state index in [1.807, 2.05) is 67.5 Å². The third kappa shape index (κ3) is 7.07. The molecule has 12 nitrogen and oxygen atoms in total. The topological polar surface area (TPSA) is 111 Å². The fourth-order valence-electron chi connectivity index (χ4n) is 10.1. The van der Waals surface area contributed by atoms with Crippen LogP contribution in [0.5, 0.6) is 69.0 Å². The summed E-state index contributed by atoms with van der Waals surface area (Å²) in [5.74, 6) is 8.10. The van der Waals surface area contributed by atoms with Gasteiger partial charge in [0, 0.05) is 6.42 Å². The molecule has 8 aromatic carbocycles. The third-order valence-electron chi connectivity index (χ3n) is 14.6. The summed E-state index contributed by atoms with van der Waals surface area (Å²) in [7, 11) is 3.33. The Labute approximate surface area is 400 Å². The van der Waals surface area contributed by atoms with E-state index in [9.17, 15) is 0 Å². The lowest BCUT2D eigenvalue weighted by molar-refractivity contribution is 0.0432. The molecule has 0 spiro atoms. The van der Waals surface area contributed by atoms with Crippen LogP contribution in [0, 0.1) is 0 Å². The maximum Gasteiger partial charge on any atom is 0.162 e. The fraction of sp³-hybridized carbons (Fsp3) is 0.368. The monoisotopic (exact) mass is 932 g/mol. The highest BCUT2D eigenvalue weighted by Crippen LogP contribution is 2.51. The van der Waals surface area contributed by atoms with Crippen molar-refractivity contribution in [3.63, 3.8) is 0 Å². The van der Waals surface area contributed by atoms with Crippen LogP contribution in [0.25, 0.3) is 64.6 Å². The van der Waals surface area contributed by atoms with E-state index < -0.39 is 0 Å². The van der Waals surface area contributed by atoms with Gasteiger partial charge in [-0.2, -0.15) is 0 Å². The van der Waals surface area contributed by atoms with Gasteiger partial charge in [-0.15, -0.1) is 0 Å². The molecule has 0 radical (unpaired) electrons. The summed E-state index contributed by atoms with van der Waals surface area (Å²) < 4.78 is 76.2. The van der Waals surface area contributed by atoms with Crippen LogP contribution < -0.4 is 56.8 Å². The highest BCUT2D eigenvalue weighted by Gasteiger charge is 2.31. The quantitative estimate of drug-likeness (QED) is 0.107. The standard InChI is InChI=1S/C57H56O12/c1-26-30(5)66-54-22-42-38(18-50(54)62-26)34-14-46(58-9)48(16-36(34)40-20-52-56(24-44(40)42)68-32(7)28(3)64-52)60-12-11-13-61-49-17-37-35(15-47(49)59-10)39-19-51-55(67-31(6)27(2)63-51)23-43(39)45-25-57-53(21-41(37)45)65-29(4)33(8)69-57/h14-33H,11-13H2,1-10H3. The number of methoxy groups -OCH3 is 2. The Morgan fingerprint density at radius 1 is 0.275 bits per heavy atom. The normalized spacial score (nSPS) is 23.4. The van der Waals surface area contributed by atoms with E-state index in [1.165, 1.54) is 0 Å². The number of benzene rings is 8. The first kappa shape index (κ1) is 43.2. The summed E-state index contributed by atoms with van der Waals surface area (Å²) in [4.78, 5) is 0. The van der Waals surface area contributed by atoms with Gasteiger partial charge in [0.05, 0.1) is 27.4 Å². The molecule has 0 bridgehead atoms. The second-order valence-electron chi connectivity index (χ2n) is 19.1. The summed E-state index contributed by atoms with van der Waals surface area (Å²) in [6.07, 6.45) is -0.223. The summed E-state index contributed by atoms with van der Waals surface area (Å²) in [6, 6.07) is 24.9. The zero-order chi connectivity index (χ0) is 47.6. The molecule has 4 aliphatic rings. The van der Waals surface area contributed by atoms with Gasteiger partial charge >= 0.3 is 0 Å². The SMILES string of the molecule is COc1cc2c(cc1OCCCOc1cc3c(cc1OC)c1cc4c(cc1c1cc5c(cc31)OC(C)C(C)O5)OC(C)C(C)O4)c1cc3c(cc1c1cc4c(cc21)OC(C)C(C)O4)OC(C)C(C)O3. The van der Waals surface area contributed by atoms with Crippen LogP contribution in [0.1, 0.15) is 61.8 Å². The molecule has 12 rings (SSSR count). The van der Waals surface area contributed by atoms with Crippen molar-refractivity contribution in [2.24, 2.45) is 0 Å². The van der Waals surface area contributed by atoms with Gasteiger partial charge in [0.2, 0.25) is 0 Å². The molecule has 356 valence electrons. The molecule has 4 heterocycles. The van der Waals surface area contributed by atoms with Gasteiger partial charge in [-0.3, -0.25) is 0 Å². The molecular weight excluding hydrogens is 877 g/mol. The maximum atomic E-state index is 6.57. The molecule has 12 heteroatoms. The fourth-order valence-corrected chi connectivity index (χ4v) is 10.1. The van der Waals surface area contributed by atoms with E-state index in [0.29, 0.717) is 88.6 Å². The second-order valence-corrected chi connectivity index (χ2v) is 19.1. The minimum atomic E-state index is -0.107. The van der Waals surface area contributed by atoms with Gasteiger partial charge < -0.3 is 56.8 Å². The minimum Gasteiger partial charge on any atom is -0.493 e. The third-order valence-corrected chi connectivity index (χ3v) is 14.6. The average Bonchev–Trinajstić information content (AvgIpc) is 3.33. The molecule has 69 heavy (non-hydrogen) atoms. The number of hydrogen-bond donors (Lipinski definition) is 0. The Hall–Kier alpha value is -7.08. The lowest BCUT2D eigenvalue weighted by Gasteiger charge is -2.31. The highest BCUT2D eigenvalue weighted by molar-refractivity contribution is 6.28. The largest absolute Gasteiger partial charge is 0.493 e. The first-order valence-electron chi connectivity index (χ1n) is 24.1. The van der Waals surface area contributed by atoms with E-state index in [1.54, 1.807) is 14.2 Å². The smallest absolute Gasteiger partial charge is 0.162 e. The van der Waals surface area contributed by atoms with Gasteiger partial charge in [-0.25, -0.2) is 0 Å². The molecule has 8 atom stereocenters. The zero-order valence-electron chi connectivity index (χ0n) is 40.6. The van der Waals surface area contributed by atoms with Crippen LogP contribution in [0.2, 0.25) is 0 Å². The van der Waals surface area contributed by atoms with Crippen LogP contribution in [-0.2, 0) is 0 Å². The molecule has 0 N–H and O–H groups in total.